The first-order chi connectivity index (χ1) is 18.2. The number of hydrogen-bond acceptors (Lipinski definition) is 8. The van der Waals surface area contributed by atoms with Crippen LogP contribution in [0.2, 0.25) is 0 Å². The molecule has 2 aliphatic rings. The molecule has 0 spiro atoms. The Kier molecular flexibility index (Phi) is 8.43. The maximum absolute atomic E-state index is 13.0. The lowest BCUT2D eigenvalue weighted by Crippen LogP contribution is -2.36. The summed E-state index contributed by atoms with van der Waals surface area (Å²) < 4.78 is 5.63. The average molecular weight is 523 g/mol. The highest BCUT2D eigenvalue weighted by molar-refractivity contribution is 6.69. The maximum Gasteiger partial charge on any atom is 0.317 e. The van der Waals surface area contributed by atoms with Crippen LogP contribution < -0.4 is 10.7 Å². The number of piperidine rings is 1. The molecule has 2 unspecified atom stereocenters. The van der Waals surface area contributed by atoms with Gasteiger partial charge in [-0.3, -0.25) is 24.7 Å². The molecule has 2 atom stereocenters. The van der Waals surface area contributed by atoms with Crippen LogP contribution in [0.1, 0.15) is 53.5 Å². The van der Waals surface area contributed by atoms with E-state index in [0.717, 1.165) is 22.3 Å². The van der Waals surface area contributed by atoms with E-state index in [0.29, 0.717) is 25.9 Å². The lowest BCUT2D eigenvalue weighted by atomic mass is 9.88. The third-order valence-electron chi connectivity index (χ3n) is 7.45. The fraction of sp³-hybridized carbons (Fsp3) is 0.429. The number of hydrogen-bond donors (Lipinski definition) is 4. The number of ether oxygens (including phenoxy) is 1. The molecule has 0 radical (unpaired) electrons. The van der Waals surface area contributed by atoms with Crippen molar-refractivity contribution >= 4 is 29.1 Å². The number of hydrazone groups is 1. The van der Waals surface area contributed by atoms with Crippen LogP contribution in [0.3, 0.4) is 0 Å². The number of carbonyl (C=O) groups is 3. The lowest BCUT2D eigenvalue weighted by molar-refractivity contribution is -0.138. The normalized spacial score (nSPS) is 20.5. The number of ketones is 1. The number of nitrogens with zero attached hydrogens (tertiary/aromatic N) is 2. The quantitative estimate of drug-likeness (QED) is 0.291. The number of carbonyl (C=O) groups excluding carboxylic acids is 2. The van der Waals surface area contributed by atoms with E-state index in [1.807, 2.05) is 43.0 Å². The number of carboxylic acids is 1. The Balaban J connectivity index is 1.43. The van der Waals surface area contributed by atoms with Gasteiger partial charge in [-0.05, 0) is 74.0 Å². The van der Waals surface area contributed by atoms with Gasteiger partial charge in [0, 0.05) is 13.5 Å². The smallest absolute Gasteiger partial charge is 0.317 e. The summed E-state index contributed by atoms with van der Waals surface area (Å²) in [6.45, 7) is 5.28. The molecule has 10 heteroatoms. The van der Waals surface area contributed by atoms with Crippen LogP contribution in [0.15, 0.2) is 41.5 Å². The second-order valence-electron chi connectivity index (χ2n) is 9.95. The summed E-state index contributed by atoms with van der Waals surface area (Å²) >= 11 is 0. The molecule has 2 aromatic carbocycles. The average Bonchev–Trinajstić information content (AvgIpc) is 3.15. The molecule has 202 valence electrons. The number of phenols is 1. The molecule has 2 heterocycles. The van der Waals surface area contributed by atoms with Gasteiger partial charge in [-0.25, -0.2) is 0 Å². The van der Waals surface area contributed by atoms with Crippen LogP contribution in [-0.4, -0.2) is 71.3 Å². The third kappa shape index (κ3) is 6.03. The molecule has 0 aromatic heterocycles. The molecule has 2 aliphatic heterocycles. The van der Waals surface area contributed by atoms with Crippen molar-refractivity contribution in [2.24, 2.45) is 5.10 Å². The molecular weight excluding hydrogens is 488 g/mol. The number of anilines is 1. The van der Waals surface area contributed by atoms with Crippen molar-refractivity contribution in [3.05, 3.63) is 58.7 Å². The van der Waals surface area contributed by atoms with E-state index >= 15 is 0 Å². The highest BCUT2D eigenvalue weighted by Crippen LogP contribution is 2.38. The van der Waals surface area contributed by atoms with Crippen molar-refractivity contribution in [2.45, 2.75) is 51.2 Å². The molecule has 1 amide bonds. The zero-order valence-electron chi connectivity index (χ0n) is 21.9. The predicted octanol–water partition coefficient (Wildman–Crippen LogP) is 2.89. The van der Waals surface area contributed by atoms with Gasteiger partial charge in [-0.1, -0.05) is 30.3 Å². The SMILES string of the molecule is COC(CC1NC(=O)C(=NNc2cccc(C3CCN(CC(=O)O)CC3)c2O)C1=O)c1ccc(C)c(C)c1. The van der Waals surface area contributed by atoms with Crippen LogP contribution >= 0.6 is 0 Å². The zero-order chi connectivity index (χ0) is 27.4. The first-order valence-corrected chi connectivity index (χ1v) is 12.7. The summed E-state index contributed by atoms with van der Waals surface area (Å²) in [5.41, 5.74) is 6.66. The number of aromatic hydroxyl groups is 1. The molecule has 4 rings (SSSR count). The Morgan fingerprint density at radius 2 is 1.92 bits per heavy atom. The summed E-state index contributed by atoms with van der Waals surface area (Å²) in [5.74, 6) is -1.80. The van der Waals surface area contributed by atoms with E-state index in [4.69, 9.17) is 9.84 Å². The number of methoxy groups -OCH3 is 1. The van der Waals surface area contributed by atoms with Crippen molar-refractivity contribution < 1.29 is 29.3 Å². The molecule has 4 N–H and O–H groups in total. The monoisotopic (exact) mass is 522 g/mol. The minimum atomic E-state index is -0.854. The van der Waals surface area contributed by atoms with E-state index < -0.39 is 23.7 Å². The number of rotatable bonds is 9. The second kappa shape index (κ2) is 11.7. The first-order valence-electron chi connectivity index (χ1n) is 12.7. The molecule has 2 fully saturated rings. The summed E-state index contributed by atoms with van der Waals surface area (Å²) in [6.07, 6.45) is 1.31. The van der Waals surface area contributed by atoms with Gasteiger partial charge < -0.3 is 20.3 Å². The van der Waals surface area contributed by atoms with E-state index in [1.165, 1.54) is 0 Å². The lowest BCUT2D eigenvalue weighted by Gasteiger charge is -2.31. The van der Waals surface area contributed by atoms with Crippen molar-refractivity contribution in [1.82, 2.24) is 10.2 Å². The number of para-hydroxylation sites is 1. The molecule has 38 heavy (non-hydrogen) atoms. The van der Waals surface area contributed by atoms with Crippen LogP contribution in [0, 0.1) is 13.8 Å². The number of Topliss-reactive ketones (excluding diaryl/α,β-unsaturated/α-hetero) is 1. The third-order valence-corrected chi connectivity index (χ3v) is 7.45. The summed E-state index contributed by atoms with van der Waals surface area (Å²) in [4.78, 5) is 38.4. The number of nitrogens with one attached hydrogen (secondary N) is 2. The molecule has 2 aromatic rings. The van der Waals surface area contributed by atoms with E-state index in [9.17, 15) is 19.5 Å². The minimum absolute atomic E-state index is 0.00463. The predicted molar refractivity (Wildman–Crippen MR) is 142 cm³/mol. The molecule has 0 aliphatic carbocycles. The van der Waals surface area contributed by atoms with Gasteiger partial charge in [0.05, 0.1) is 24.4 Å². The molecular formula is C28H34N4O6. The van der Waals surface area contributed by atoms with Gasteiger partial charge in [-0.15, -0.1) is 0 Å². The largest absolute Gasteiger partial charge is 0.505 e. The number of benzene rings is 2. The highest BCUT2D eigenvalue weighted by atomic mass is 16.5. The fourth-order valence-corrected chi connectivity index (χ4v) is 5.08. The van der Waals surface area contributed by atoms with Crippen molar-refractivity contribution in [3.63, 3.8) is 0 Å². The maximum atomic E-state index is 13.0. The van der Waals surface area contributed by atoms with E-state index in [2.05, 4.69) is 15.8 Å². The number of amides is 1. The van der Waals surface area contributed by atoms with Gasteiger partial charge in [0.2, 0.25) is 5.78 Å². The Labute approximate surface area is 221 Å². The van der Waals surface area contributed by atoms with Gasteiger partial charge in [-0.2, -0.15) is 5.10 Å². The Bertz CT molecular complexity index is 1250. The van der Waals surface area contributed by atoms with Crippen LogP contribution in [0.25, 0.3) is 0 Å². The standard InChI is InChI=1S/C28H34N4O6/c1-16-7-8-19(13-17(16)2)23(38-3)14-22-27(36)25(28(37)29-22)31-30-21-6-4-5-20(26(21)35)18-9-11-32(12-10-18)15-24(33)34/h4-8,13,18,22-23,30,35H,9-12,14-15H2,1-3H3,(H,29,37)(H,33,34). The van der Waals surface area contributed by atoms with E-state index in [-0.39, 0.29) is 42.1 Å². The number of aliphatic carboxylic acids is 1. The van der Waals surface area contributed by atoms with Gasteiger partial charge in [0.1, 0.15) is 5.75 Å². The fourth-order valence-electron chi connectivity index (χ4n) is 5.08. The van der Waals surface area contributed by atoms with Gasteiger partial charge >= 0.3 is 5.97 Å². The summed E-state index contributed by atoms with van der Waals surface area (Å²) in [7, 11) is 1.57. The Morgan fingerprint density at radius 1 is 1.18 bits per heavy atom. The molecule has 10 nitrogen and oxygen atoms in total. The second-order valence-corrected chi connectivity index (χ2v) is 9.95. The van der Waals surface area contributed by atoms with Crippen LogP contribution in [-0.2, 0) is 19.1 Å². The van der Waals surface area contributed by atoms with Crippen LogP contribution in [0.5, 0.6) is 5.75 Å². The van der Waals surface area contributed by atoms with Gasteiger partial charge in [0.15, 0.2) is 5.71 Å². The van der Waals surface area contributed by atoms with Crippen molar-refractivity contribution in [3.8, 4) is 5.75 Å². The number of likely N-dealkylation sites (tertiary alicyclic amines) is 1. The zero-order valence-corrected chi connectivity index (χ0v) is 21.9. The number of aryl methyl sites for hydroxylation is 2. The highest BCUT2D eigenvalue weighted by Gasteiger charge is 2.39. The molecule has 0 saturated carbocycles. The Morgan fingerprint density at radius 3 is 2.58 bits per heavy atom. The number of phenolic OH excluding ortho intramolecular Hbond substituents is 1. The molecule has 0 bridgehead atoms. The number of carboxylic acid groups (broad SMARTS) is 1. The van der Waals surface area contributed by atoms with Crippen molar-refractivity contribution in [1.29, 1.82) is 0 Å². The van der Waals surface area contributed by atoms with Gasteiger partial charge in [0.25, 0.3) is 5.91 Å². The summed E-state index contributed by atoms with van der Waals surface area (Å²) in [6, 6.07) is 10.4. The molecule has 2 saturated heterocycles. The van der Waals surface area contributed by atoms with Crippen molar-refractivity contribution in [2.75, 3.05) is 32.2 Å². The first kappa shape index (κ1) is 27.3. The van der Waals surface area contributed by atoms with E-state index in [1.54, 1.807) is 19.2 Å². The summed E-state index contributed by atoms with van der Waals surface area (Å²) in [5, 5.41) is 26.6. The minimum Gasteiger partial charge on any atom is -0.505 e. The van der Waals surface area contributed by atoms with Crippen LogP contribution in [0.4, 0.5) is 5.69 Å². The Hall–Kier alpha value is -3.76. The topological polar surface area (TPSA) is 141 Å².